The van der Waals surface area contributed by atoms with Gasteiger partial charge in [-0.2, -0.15) is 0 Å². The summed E-state index contributed by atoms with van der Waals surface area (Å²) in [7, 11) is 1.72. The lowest BCUT2D eigenvalue weighted by molar-refractivity contribution is 0.105. The Hall–Kier alpha value is -0.980. The molecule has 0 aromatic carbocycles. The highest BCUT2D eigenvalue weighted by molar-refractivity contribution is 5.01. The normalized spacial score (nSPS) is 14.8. The Morgan fingerprint density at radius 3 is 2.88 bits per heavy atom. The second kappa shape index (κ2) is 7.37. The number of aryl methyl sites for hydroxylation is 1. The van der Waals surface area contributed by atoms with Crippen LogP contribution < -0.4 is 11.3 Å². The van der Waals surface area contributed by atoms with Crippen molar-refractivity contribution in [2.45, 2.75) is 51.8 Å². The molecule has 0 saturated heterocycles. The van der Waals surface area contributed by atoms with Crippen LogP contribution >= 0.6 is 0 Å². The van der Waals surface area contributed by atoms with Crippen LogP contribution in [0.4, 0.5) is 0 Å². The van der Waals surface area contributed by atoms with Gasteiger partial charge in [-0.3, -0.25) is 11.3 Å². The van der Waals surface area contributed by atoms with Gasteiger partial charge in [0.05, 0.1) is 24.0 Å². The molecule has 0 aliphatic heterocycles. The molecule has 2 atom stereocenters. The van der Waals surface area contributed by atoms with E-state index in [0.29, 0.717) is 0 Å². The van der Waals surface area contributed by atoms with Gasteiger partial charge in [0, 0.05) is 13.7 Å². The summed E-state index contributed by atoms with van der Waals surface area (Å²) in [5.74, 6) is 5.60. The highest BCUT2D eigenvalue weighted by atomic mass is 16.5. The van der Waals surface area contributed by atoms with E-state index >= 15 is 0 Å². The van der Waals surface area contributed by atoms with Gasteiger partial charge in [0.15, 0.2) is 0 Å². The van der Waals surface area contributed by atoms with E-state index in [1.165, 1.54) is 0 Å². The molecule has 17 heavy (non-hydrogen) atoms. The molecule has 0 bridgehead atoms. The molecule has 1 aromatic rings. The standard InChI is InChI=1S/C11H23N5O/c1-4-7-16-11(8-13-15-16)10(14-12)6-5-9(2)17-3/h8-10,14H,4-7,12H2,1-3H3. The van der Waals surface area contributed by atoms with Crippen molar-refractivity contribution in [3.63, 3.8) is 0 Å². The second-order valence-corrected chi connectivity index (χ2v) is 4.22. The van der Waals surface area contributed by atoms with Crippen molar-refractivity contribution in [3.8, 4) is 0 Å². The maximum absolute atomic E-state index is 5.60. The quantitative estimate of drug-likeness (QED) is 0.524. The van der Waals surface area contributed by atoms with E-state index in [2.05, 4.69) is 29.6 Å². The molecule has 98 valence electrons. The molecule has 0 spiro atoms. The van der Waals surface area contributed by atoms with Crippen molar-refractivity contribution in [2.75, 3.05) is 7.11 Å². The Labute approximate surface area is 102 Å². The van der Waals surface area contributed by atoms with Gasteiger partial charge in [-0.15, -0.1) is 5.10 Å². The summed E-state index contributed by atoms with van der Waals surface area (Å²) in [5.41, 5.74) is 3.87. The van der Waals surface area contributed by atoms with Crippen LogP contribution in [0.2, 0.25) is 0 Å². The van der Waals surface area contributed by atoms with Crippen LogP contribution in [0.25, 0.3) is 0 Å². The topological polar surface area (TPSA) is 78.0 Å². The molecule has 6 nitrogen and oxygen atoms in total. The van der Waals surface area contributed by atoms with Gasteiger partial charge in [-0.25, -0.2) is 4.68 Å². The SMILES string of the molecule is CCCn1nncc1C(CCC(C)OC)NN. The van der Waals surface area contributed by atoms with E-state index in [4.69, 9.17) is 10.6 Å². The molecule has 1 rings (SSSR count). The largest absolute Gasteiger partial charge is 0.382 e. The lowest BCUT2D eigenvalue weighted by Gasteiger charge is -2.18. The summed E-state index contributed by atoms with van der Waals surface area (Å²) in [6, 6.07) is 0.0779. The summed E-state index contributed by atoms with van der Waals surface area (Å²) < 4.78 is 7.14. The number of aromatic nitrogens is 3. The predicted octanol–water partition coefficient (Wildman–Crippen LogP) is 1.01. The molecule has 2 unspecified atom stereocenters. The van der Waals surface area contributed by atoms with Gasteiger partial charge >= 0.3 is 0 Å². The molecule has 1 aromatic heterocycles. The van der Waals surface area contributed by atoms with Gasteiger partial charge in [0.25, 0.3) is 0 Å². The summed E-state index contributed by atoms with van der Waals surface area (Å²) in [6.45, 7) is 5.03. The summed E-state index contributed by atoms with van der Waals surface area (Å²) in [5, 5.41) is 8.00. The van der Waals surface area contributed by atoms with E-state index in [-0.39, 0.29) is 12.1 Å². The predicted molar refractivity (Wildman–Crippen MR) is 66.1 cm³/mol. The number of nitrogens with zero attached hydrogens (tertiary/aromatic N) is 3. The first kappa shape index (κ1) is 14.1. The fourth-order valence-corrected chi connectivity index (χ4v) is 1.76. The summed E-state index contributed by atoms with van der Waals surface area (Å²) >= 11 is 0. The van der Waals surface area contributed by atoms with Crippen molar-refractivity contribution in [1.29, 1.82) is 0 Å². The fraction of sp³-hybridized carbons (Fsp3) is 0.818. The van der Waals surface area contributed by atoms with Gasteiger partial charge in [0.2, 0.25) is 0 Å². The van der Waals surface area contributed by atoms with Crippen molar-refractivity contribution < 1.29 is 4.74 Å². The van der Waals surface area contributed by atoms with E-state index in [0.717, 1.165) is 31.5 Å². The van der Waals surface area contributed by atoms with Gasteiger partial charge in [-0.05, 0) is 26.2 Å². The number of ether oxygens (including phenoxy) is 1. The van der Waals surface area contributed by atoms with Gasteiger partial charge in [-0.1, -0.05) is 12.1 Å². The average molecular weight is 241 g/mol. The Bertz CT molecular complexity index is 315. The Morgan fingerprint density at radius 1 is 1.53 bits per heavy atom. The van der Waals surface area contributed by atoms with Crippen LogP contribution in [0.3, 0.4) is 0 Å². The molecule has 1 heterocycles. The van der Waals surface area contributed by atoms with Crippen LogP contribution in [-0.2, 0) is 11.3 Å². The van der Waals surface area contributed by atoms with Crippen LogP contribution in [-0.4, -0.2) is 28.2 Å². The van der Waals surface area contributed by atoms with Crippen molar-refractivity contribution in [2.24, 2.45) is 5.84 Å². The van der Waals surface area contributed by atoms with E-state index in [9.17, 15) is 0 Å². The van der Waals surface area contributed by atoms with E-state index in [1.54, 1.807) is 13.3 Å². The third-order valence-electron chi connectivity index (χ3n) is 2.91. The van der Waals surface area contributed by atoms with E-state index in [1.807, 2.05) is 4.68 Å². The Kier molecular flexibility index (Phi) is 6.10. The molecule has 0 fully saturated rings. The maximum Gasteiger partial charge on any atom is 0.0770 e. The minimum atomic E-state index is 0.0779. The van der Waals surface area contributed by atoms with Crippen molar-refractivity contribution in [3.05, 3.63) is 11.9 Å². The van der Waals surface area contributed by atoms with Crippen molar-refractivity contribution >= 4 is 0 Å². The minimum Gasteiger partial charge on any atom is -0.382 e. The molecule has 0 amide bonds. The molecule has 6 heteroatoms. The number of hydrazine groups is 1. The van der Waals surface area contributed by atoms with Crippen LogP contribution in [0, 0.1) is 0 Å². The molecule has 0 saturated carbocycles. The molecular weight excluding hydrogens is 218 g/mol. The first-order valence-electron chi connectivity index (χ1n) is 6.10. The van der Waals surface area contributed by atoms with Crippen LogP contribution in [0.5, 0.6) is 0 Å². The second-order valence-electron chi connectivity index (χ2n) is 4.22. The van der Waals surface area contributed by atoms with E-state index < -0.39 is 0 Å². The van der Waals surface area contributed by atoms with Crippen molar-refractivity contribution in [1.82, 2.24) is 20.4 Å². The zero-order chi connectivity index (χ0) is 12.7. The summed E-state index contributed by atoms with van der Waals surface area (Å²) in [6.07, 6.45) is 4.90. The molecule has 0 radical (unpaired) electrons. The number of nitrogens with one attached hydrogen (secondary N) is 1. The number of hydrogen-bond acceptors (Lipinski definition) is 5. The highest BCUT2D eigenvalue weighted by Crippen LogP contribution is 2.18. The smallest absolute Gasteiger partial charge is 0.0770 e. The number of hydrogen-bond donors (Lipinski definition) is 2. The molecular formula is C11H23N5O. The maximum atomic E-state index is 5.60. The third-order valence-corrected chi connectivity index (χ3v) is 2.91. The number of rotatable bonds is 8. The lowest BCUT2D eigenvalue weighted by Crippen LogP contribution is -2.30. The fourth-order valence-electron chi connectivity index (χ4n) is 1.76. The lowest BCUT2D eigenvalue weighted by atomic mass is 10.1. The Balaban J connectivity index is 2.62. The Morgan fingerprint density at radius 2 is 2.29 bits per heavy atom. The zero-order valence-corrected chi connectivity index (χ0v) is 10.9. The minimum absolute atomic E-state index is 0.0779. The van der Waals surface area contributed by atoms with Crippen LogP contribution in [0.1, 0.15) is 44.8 Å². The third kappa shape index (κ3) is 4.07. The zero-order valence-electron chi connectivity index (χ0n) is 10.9. The molecule has 3 N–H and O–H groups in total. The number of methoxy groups -OCH3 is 1. The average Bonchev–Trinajstić information content (AvgIpc) is 2.78. The van der Waals surface area contributed by atoms with Gasteiger partial charge in [0.1, 0.15) is 0 Å². The molecule has 0 aliphatic rings. The highest BCUT2D eigenvalue weighted by Gasteiger charge is 2.16. The number of nitrogens with two attached hydrogens (primary N) is 1. The molecule has 0 aliphatic carbocycles. The van der Waals surface area contributed by atoms with Gasteiger partial charge < -0.3 is 4.74 Å². The monoisotopic (exact) mass is 241 g/mol. The first-order valence-corrected chi connectivity index (χ1v) is 6.10. The van der Waals surface area contributed by atoms with Crippen LogP contribution in [0.15, 0.2) is 6.20 Å². The summed E-state index contributed by atoms with van der Waals surface area (Å²) in [4.78, 5) is 0. The first-order chi connectivity index (χ1) is 8.22.